The molecular formula is C13H15NO2. The van der Waals surface area contributed by atoms with E-state index in [0.29, 0.717) is 13.2 Å². The molecule has 0 aromatic heterocycles. The van der Waals surface area contributed by atoms with Crippen molar-refractivity contribution < 1.29 is 9.53 Å². The van der Waals surface area contributed by atoms with Crippen LogP contribution in [-0.2, 0) is 9.53 Å². The van der Waals surface area contributed by atoms with Crippen molar-refractivity contribution in [3.05, 3.63) is 34.8 Å². The number of Topliss-reactive ketones (excluding diaryl/α,β-unsaturated/α-hetero) is 1. The van der Waals surface area contributed by atoms with Crippen LogP contribution >= 0.6 is 0 Å². The molecule has 0 spiro atoms. The molecule has 0 bridgehead atoms. The van der Waals surface area contributed by atoms with Gasteiger partial charge >= 0.3 is 0 Å². The molecule has 0 saturated heterocycles. The Morgan fingerprint density at radius 1 is 1.44 bits per heavy atom. The minimum Gasteiger partial charge on any atom is -0.376 e. The average molecular weight is 217 g/mol. The number of allylic oxidation sites excluding steroid dienone is 1. The Kier molecular flexibility index (Phi) is 2.28. The van der Waals surface area contributed by atoms with E-state index in [0.717, 1.165) is 5.57 Å². The highest BCUT2D eigenvalue weighted by Gasteiger charge is 2.47. The fourth-order valence-electron chi connectivity index (χ4n) is 2.71. The molecule has 0 radical (unpaired) electrons. The zero-order valence-electron chi connectivity index (χ0n) is 9.83. The van der Waals surface area contributed by atoms with E-state index >= 15 is 0 Å². The molecule has 0 aromatic rings. The summed E-state index contributed by atoms with van der Waals surface area (Å²) in [6, 6.07) is 0. The minimum atomic E-state index is -0.576. The van der Waals surface area contributed by atoms with E-state index in [1.807, 2.05) is 26.8 Å². The van der Waals surface area contributed by atoms with Crippen LogP contribution in [0.25, 0.3) is 4.85 Å². The summed E-state index contributed by atoms with van der Waals surface area (Å²) in [5, 5.41) is 0. The van der Waals surface area contributed by atoms with Crippen LogP contribution in [-0.4, -0.2) is 19.0 Å². The second-order valence-electron chi connectivity index (χ2n) is 5.15. The predicted molar refractivity (Wildman–Crippen MR) is 60.5 cm³/mol. The summed E-state index contributed by atoms with van der Waals surface area (Å²) in [4.78, 5) is 15.5. The van der Waals surface area contributed by atoms with Crippen molar-refractivity contribution in [3.8, 4) is 0 Å². The number of fused-ring (bicyclic) bond motifs is 1. The van der Waals surface area contributed by atoms with Gasteiger partial charge in [-0.15, -0.1) is 0 Å². The van der Waals surface area contributed by atoms with Crippen LogP contribution in [0.4, 0.5) is 0 Å². The third-order valence-electron chi connectivity index (χ3n) is 3.47. The van der Waals surface area contributed by atoms with Crippen molar-refractivity contribution in [3.63, 3.8) is 0 Å². The van der Waals surface area contributed by atoms with Gasteiger partial charge in [-0.2, -0.15) is 0 Å². The van der Waals surface area contributed by atoms with Crippen LogP contribution in [0.1, 0.15) is 20.8 Å². The number of ether oxygens (including phenoxy) is 1. The Morgan fingerprint density at radius 2 is 2.12 bits per heavy atom. The molecule has 2 rings (SSSR count). The van der Waals surface area contributed by atoms with E-state index in [9.17, 15) is 4.79 Å². The molecule has 1 heterocycles. The highest BCUT2D eigenvalue weighted by atomic mass is 16.5. The average Bonchev–Trinajstić information content (AvgIpc) is 2.24. The monoisotopic (exact) mass is 217 g/mol. The van der Waals surface area contributed by atoms with Crippen molar-refractivity contribution in [1.82, 2.24) is 0 Å². The molecule has 0 saturated carbocycles. The van der Waals surface area contributed by atoms with Gasteiger partial charge in [-0.1, -0.05) is 32.9 Å². The number of ketones is 1. The van der Waals surface area contributed by atoms with Gasteiger partial charge in [0.05, 0.1) is 19.8 Å². The number of hydrogen-bond acceptors (Lipinski definition) is 2. The lowest BCUT2D eigenvalue weighted by Crippen LogP contribution is -2.43. The molecular weight excluding hydrogens is 202 g/mol. The first-order valence-corrected chi connectivity index (χ1v) is 5.36. The van der Waals surface area contributed by atoms with Gasteiger partial charge in [0, 0.05) is 10.8 Å². The summed E-state index contributed by atoms with van der Waals surface area (Å²) in [5.74, 6) is -0.0758. The molecule has 1 atom stereocenters. The third-order valence-corrected chi connectivity index (χ3v) is 3.47. The molecule has 0 unspecified atom stereocenters. The first-order chi connectivity index (χ1) is 7.42. The van der Waals surface area contributed by atoms with Crippen LogP contribution in [0.15, 0.2) is 23.4 Å². The molecule has 2 aliphatic rings. The van der Waals surface area contributed by atoms with Crippen molar-refractivity contribution in [2.45, 2.75) is 20.8 Å². The Bertz CT molecular complexity index is 451. The molecule has 3 nitrogen and oxygen atoms in total. The SMILES string of the molecule is [C-]#[N+]C1=C[C@]2(C)COCC=C2C(C)(C)C1=O. The second-order valence-corrected chi connectivity index (χ2v) is 5.15. The number of nitrogens with zero attached hydrogens (tertiary/aromatic N) is 1. The molecule has 0 amide bonds. The quantitative estimate of drug-likeness (QED) is 0.460. The van der Waals surface area contributed by atoms with Crippen LogP contribution < -0.4 is 0 Å². The lowest BCUT2D eigenvalue weighted by atomic mass is 9.62. The smallest absolute Gasteiger partial charge is 0.227 e. The summed E-state index contributed by atoms with van der Waals surface area (Å²) in [6.07, 6.45) is 3.75. The number of rotatable bonds is 0. The van der Waals surface area contributed by atoms with Gasteiger partial charge in [0.1, 0.15) is 0 Å². The third kappa shape index (κ3) is 1.34. The number of carbonyl (C=O) groups is 1. The van der Waals surface area contributed by atoms with Gasteiger partial charge in [0.2, 0.25) is 5.70 Å². The Morgan fingerprint density at radius 3 is 2.75 bits per heavy atom. The Hall–Kier alpha value is -1.40. The maximum absolute atomic E-state index is 12.1. The van der Waals surface area contributed by atoms with Crippen molar-refractivity contribution in [2.24, 2.45) is 10.8 Å². The van der Waals surface area contributed by atoms with E-state index in [1.165, 1.54) is 0 Å². The van der Waals surface area contributed by atoms with E-state index in [1.54, 1.807) is 6.08 Å². The highest BCUT2D eigenvalue weighted by molar-refractivity contribution is 6.04. The van der Waals surface area contributed by atoms with Gasteiger partial charge in [0.15, 0.2) is 5.78 Å². The standard InChI is InChI=1S/C13H15NO2/c1-12(2)10-5-6-16-8-13(10,3)7-9(14-4)11(12)15/h5,7H,6,8H2,1-3H3/t13-/m1/s1. The van der Waals surface area contributed by atoms with E-state index in [4.69, 9.17) is 11.3 Å². The fourth-order valence-corrected chi connectivity index (χ4v) is 2.71. The van der Waals surface area contributed by atoms with Crippen molar-refractivity contribution in [2.75, 3.05) is 13.2 Å². The first-order valence-electron chi connectivity index (χ1n) is 5.36. The highest BCUT2D eigenvalue weighted by Crippen LogP contribution is 2.49. The topological polar surface area (TPSA) is 30.7 Å². The summed E-state index contributed by atoms with van der Waals surface area (Å²) in [5.41, 5.74) is 0.460. The molecule has 3 heteroatoms. The molecule has 16 heavy (non-hydrogen) atoms. The van der Waals surface area contributed by atoms with E-state index in [2.05, 4.69) is 4.85 Å². The normalized spacial score (nSPS) is 32.2. The molecule has 1 aliphatic carbocycles. The van der Waals surface area contributed by atoms with E-state index < -0.39 is 5.41 Å². The zero-order valence-corrected chi connectivity index (χ0v) is 9.83. The van der Waals surface area contributed by atoms with Gasteiger partial charge in [-0.25, -0.2) is 4.85 Å². The maximum atomic E-state index is 12.1. The van der Waals surface area contributed by atoms with Gasteiger partial charge in [0.25, 0.3) is 0 Å². The fraction of sp³-hybridized carbons (Fsp3) is 0.538. The predicted octanol–water partition coefficient (Wildman–Crippen LogP) is 2.36. The molecule has 84 valence electrons. The first kappa shape index (κ1) is 11.1. The van der Waals surface area contributed by atoms with Crippen LogP contribution in [0.5, 0.6) is 0 Å². The van der Waals surface area contributed by atoms with Crippen molar-refractivity contribution in [1.29, 1.82) is 0 Å². The second kappa shape index (κ2) is 3.29. The van der Waals surface area contributed by atoms with Gasteiger partial charge in [-0.3, -0.25) is 0 Å². The van der Waals surface area contributed by atoms with Crippen LogP contribution in [0.3, 0.4) is 0 Å². The number of carbonyl (C=O) groups excluding carboxylic acids is 1. The lowest BCUT2D eigenvalue weighted by Gasteiger charge is -2.44. The summed E-state index contributed by atoms with van der Waals surface area (Å²) >= 11 is 0. The summed E-state index contributed by atoms with van der Waals surface area (Å²) < 4.78 is 5.43. The van der Waals surface area contributed by atoms with Crippen LogP contribution in [0, 0.1) is 17.4 Å². The Balaban J connectivity index is 2.64. The maximum Gasteiger partial charge on any atom is 0.227 e. The van der Waals surface area contributed by atoms with Gasteiger partial charge in [-0.05, 0) is 5.57 Å². The van der Waals surface area contributed by atoms with Gasteiger partial charge < -0.3 is 9.53 Å². The molecule has 0 fully saturated rings. The summed E-state index contributed by atoms with van der Waals surface area (Å²) in [7, 11) is 0. The number of hydrogen-bond donors (Lipinski definition) is 0. The lowest BCUT2D eigenvalue weighted by molar-refractivity contribution is -0.122. The summed E-state index contributed by atoms with van der Waals surface area (Å²) in [6.45, 7) is 14.0. The largest absolute Gasteiger partial charge is 0.376 e. The van der Waals surface area contributed by atoms with Crippen LogP contribution in [0.2, 0.25) is 0 Å². The molecule has 0 N–H and O–H groups in total. The minimum absolute atomic E-state index is 0.0758. The molecule has 0 aromatic carbocycles. The Labute approximate surface area is 95.6 Å². The van der Waals surface area contributed by atoms with E-state index in [-0.39, 0.29) is 16.9 Å². The van der Waals surface area contributed by atoms with Crippen molar-refractivity contribution >= 4 is 5.78 Å². The molecule has 1 aliphatic heterocycles. The zero-order chi connectivity index (χ0) is 12.0.